The highest BCUT2D eigenvalue weighted by Crippen LogP contribution is 2.34. The number of anilines is 1. The number of carbonyl (C=O) groups excluding carboxylic acids is 1. The zero-order chi connectivity index (χ0) is 11.5. The highest BCUT2D eigenvalue weighted by atomic mass is 16.5. The second-order valence-electron chi connectivity index (χ2n) is 4.04. The number of aromatic amines is 1. The van der Waals surface area contributed by atoms with Crippen LogP contribution in [0.4, 0.5) is 5.95 Å². The van der Waals surface area contributed by atoms with Crippen LogP contribution in [0.1, 0.15) is 37.9 Å². The van der Waals surface area contributed by atoms with E-state index in [4.69, 9.17) is 4.74 Å². The topological polar surface area (TPSA) is 79.9 Å². The van der Waals surface area contributed by atoms with Gasteiger partial charge in [0.2, 0.25) is 5.95 Å². The molecule has 0 bridgehead atoms. The van der Waals surface area contributed by atoms with Crippen LogP contribution in [0.15, 0.2) is 0 Å². The van der Waals surface area contributed by atoms with E-state index >= 15 is 0 Å². The van der Waals surface area contributed by atoms with Gasteiger partial charge in [0.05, 0.1) is 0 Å². The highest BCUT2D eigenvalue weighted by molar-refractivity contribution is 5.92. The molecule has 1 saturated carbocycles. The normalized spacial score (nSPS) is 17.9. The molecule has 1 atom stereocenters. The number of ether oxygens (including phenoxy) is 1. The minimum absolute atomic E-state index is 0.235. The van der Waals surface area contributed by atoms with E-state index in [1.807, 2.05) is 0 Å². The molecular formula is C10H16N4O2. The molecule has 0 spiro atoms. The van der Waals surface area contributed by atoms with Crippen molar-refractivity contribution in [2.75, 3.05) is 12.4 Å². The molecule has 6 heteroatoms. The van der Waals surface area contributed by atoms with Crippen molar-refractivity contribution in [3.8, 4) is 0 Å². The number of rotatable bonds is 4. The fourth-order valence-electron chi connectivity index (χ4n) is 1.51. The van der Waals surface area contributed by atoms with Gasteiger partial charge in [0.15, 0.2) is 0 Å². The number of aromatic nitrogens is 3. The van der Waals surface area contributed by atoms with E-state index in [-0.39, 0.29) is 5.91 Å². The van der Waals surface area contributed by atoms with Crippen molar-refractivity contribution < 1.29 is 9.53 Å². The molecule has 0 unspecified atom stereocenters. The summed E-state index contributed by atoms with van der Waals surface area (Å²) in [5.74, 6) is 1.45. The Hall–Kier alpha value is -1.43. The van der Waals surface area contributed by atoms with Gasteiger partial charge in [-0.1, -0.05) is 6.42 Å². The molecule has 1 aliphatic rings. The lowest BCUT2D eigenvalue weighted by molar-refractivity contribution is -0.124. The first-order chi connectivity index (χ1) is 7.70. The maximum atomic E-state index is 11.5. The summed E-state index contributed by atoms with van der Waals surface area (Å²) in [5.41, 5.74) is 0. The average molecular weight is 224 g/mol. The van der Waals surface area contributed by atoms with Crippen molar-refractivity contribution >= 4 is 11.9 Å². The molecule has 2 N–H and O–H groups in total. The smallest absolute Gasteiger partial charge is 0.255 e. The summed E-state index contributed by atoms with van der Waals surface area (Å²) in [6.45, 7) is 1.68. The first-order valence-electron chi connectivity index (χ1n) is 5.46. The van der Waals surface area contributed by atoms with E-state index in [9.17, 15) is 4.79 Å². The number of carbonyl (C=O) groups is 1. The Bertz CT molecular complexity index is 373. The molecule has 2 rings (SSSR count). The molecule has 6 nitrogen and oxygen atoms in total. The molecule has 1 heterocycles. The lowest BCUT2D eigenvalue weighted by Crippen LogP contribution is -2.27. The Labute approximate surface area is 93.8 Å². The van der Waals surface area contributed by atoms with E-state index in [2.05, 4.69) is 20.5 Å². The zero-order valence-electron chi connectivity index (χ0n) is 9.49. The molecule has 1 aromatic rings. The summed E-state index contributed by atoms with van der Waals surface area (Å²) in [4.78, 5) is 15.7. The SMILES string of the molecule is CO[C@H](C)C(=O)Nc1n[nH]c(C2CCC2)n1. The third-order valence-corrected chi connectivity index (χ3v) is 2.95. The summed E-state index contributed by atoms with van der Waals surface area (Å²) in [5, 5.41) is 9.40. The van der Waals surface area contributed by atoms with Crippen LogP contribution < -0.4 is 5.32 Å². The molecule has 0 aliphatic heterocycles. The Morgan fingerprint density at radius 3 is 2.94 bits per heavy atom. The van der Waals surface area contributed by atoms with E-state index in [1.54, 1.807) is 6.92 Å². The lowest BCUT2D eigenvalue weighted by Gasteiger charge is -2.22. The van der Waals surface area contributed by atoms with Gasteiger partial charge in [-0.2, -0.15) is 4.98 Å². The van der Waals surface area contributed by atoms with Gasteiger partial charge in [-0.3, -0.25) is 15.2 Å². The molecule has 0 aromatic carbocycles. The number of hydrogen-bond acceptors (Lipinski definition) is 4. The maximum absolute atomic E-state index is 11.5. The molecule has 0 radical (unpaired) electrons. The summed E-state index contributed by atoms with van der Waals surface area (Å²) >= 11 is 0. The average Bonchev–Trinajstić information content (AvgIpc) is 2.62. The third-order valence-electron chi connectivity index (χ3n) is 2.95. The molecule has 1 aromatic heterocycles. The molecule has 1 aliphatic carbocycles. The van der Waals surface area contributed by atoms with Gasteiger partial charge in [0.1, 0.15) is 11.9 Å². The first kappa shape index (κ1) is 11.1. The van der Waals surface area contributed by atoms with Crippen LogP contribution >= 0.6 is 0 Å². The van der Waals surface area contributed by atoms with E-state index < -0.39 is 6.10 Å². The van der Waals surface area contributed by atoms with Crippen molar-refractivity contribution in [1.82, 2.24) is 15.2 Å². The van der Waals surface area contributed by atoms with E-state index in [1.165, 1.54) is 13.5 Å². The van der Waals surface area contributed by atoms with Crippen molar-refractivity contribution in [3.63, 3.8) is 0 Å². The quantitative estimate of drug-likeness (QED) is 0.801. The second kappa shape index (κ2) is 4.61. The van der Waals surface area contributed by atoms with Crippen LogP contribution in [0.5, 0.6) is 0 Å². The van der Waals surface area contributed by atoms with Gasteiger partial charge in [-0.25, -0.2) is 0 Å². The molecular weight excluding hydrogens is 208 g/mol. The third kappa shape index (κ3) is 2.21. The largest absolute Gasteiger partial charge is 0.372 e. The van der Waals surface area contributed by atoms with Crippen LogP contribution in [0.25, 0.3) is 0 Å². The van der Waals surface area contributed by atoms with Crippen LogP contribution in [-0.4, -0.2) is 34.3 Å². The lowest BCUT2D eigenvalue weighted by atomic mass is 9.85. The van der Waals surface area contributed by atoms with Crippen LogP contribution in [-0.2, 0) is 9.53 Å². The molecule has 1 fully saturated rings. The summed E-state index contributed by atoms with van der Waals surface area (Å²) in [7, 11) is 1.49. The van der Waals surface area contributed by atoms with E-state index in [0.29, 0.717) is 11.9 Å². The summed E-state index contributed by atoms with van der Waals surface area (Å²) in [6, 6.07) is 0. The maximum Gasteiger partial charge on any atom is 0.255 e. The van der Waals surface area contributed by atoms with Crippen LogP contribution in [0, 0.1) is 0 Å². The Kier molecular flexibility index (Phi) is 3.19. The number of nitrogens with zero attached hydrogens (tertiary/aromatic N) is 2. The van der Waals surface area contributed by atoms with Gasteiger partial charge in [0, 0.05) is 13.0 Å². The molecule has 16 heavy (non-hydrogen) atoms. The first-order valence-corrected chi connectivity index (χ1v) is 5.46. The van der Waals surface area contributed by atoms with Crippen LogP contribution in [0.3, 0.4) is 0 Å². The minimum atomic E-state index is -0.495. The van der Waals surface area contributed by atoms with Crippen molar-refractivity contribution in [2.45, 2.75) is 38.2 Å². The zero-order valence-corrected chi connectivity index (χ0v) is 9.49. The van der Waals surface area contributed by atoms with Crippen molar-refractivity contribution in [2.24, 2.45) is 0 Å². The second-order valence-corrected chi connectivity index (χ2v) is 4.04. The minimum Gasteiger partial charge on any atom is -0.372 e. The number of hydrogen-bond donors (Lipinski definition) is 2. The van der Waals surface area contributed by atoms with Crippen LogP contribution in [0.2, 0.25) is 0 Å². The standard InChI is InChI=1S/C10H16N4O2/c1-6(16-2)9(15)12-10-11-8(13-14-10)7-4-3-5-7/h6-7H,3-5H2,1-2H3,(H2,11,12,13,14,15)/t6-/m1/s1. The number of amides is 1. The fraction of sp³-hybridized carbons (Fsp3) is 0.700. The summed E-state index contributed by atoms with van der Waals surface area (Å²) in [6.07, 6.45) is 3.05. The Morgan fingerprint density at radius 1 is 1.62 bits per heavy atom. The van der Waals surface area contributed by atoms with Gasteiger partial charge in [-0.15, -0.1) is 5.10 Å². The molecule has 0 saturated heterocycles. The molecule has 88 valence electrons. The number of nitrogens with one attached hydrogen (secondary N) is 2. The van der Waals surface area contributed by atoms with Gasteiger partial charge >= 0.3 is 0 Å². The monoisotopic (exact) mass is 224 g/mol. The van der Waals surface area contributed by atoms with Gasteiger partial charge in [-0.05, 0) is 19.8 Å². The van der Waals surface area contributed by atoms with E-state index in [0.717, 1.165) is 18.7 Å². The number of methoxy groups -OCH3 is 1. The fourth-order valence-corrected chi connectivity index (χ4v) is 1.51. The Balaban J connectivity index is 1.94. The van der Waals surface area contributed by atoms with Crippen molar-refractivity contribution in [1.29, 1.82) is 0 Å². The number of H-pyrrole nitrogens is 1. The predicted molar refractivity (Wildman–Crippen MR) is 58.1 cm³/mol. The van der Waals surface area contributed by atoms with Gasteiger partial charge < -0.3 is 4.74 Å². The molecule has 1 amide bonds. The Morgan fingerprint density at radius 2 is 2.38 bits per heavy atom. The predicted octanol–water partition coefficient (Wildman–Crippen LogP) is 1.05. The van der Waals surface area contributed by atoms with Crippen molar-refractivity contribution in [3.05, 3.63) is 5.82 Å². The van der Waals surface area contributed by atoms with Gasteiger partial charge in [0.25, 0.3) is 5.91 Å². The summed E-state index contributed by atoms with van der Waals surface area (Å²) < 4.78 is 4.89. The highest BCUT2D eigenvalue weighted by Gasteiger charge is 2.23.